The zero-order valence-corrected chi connectivity index (χ0v) is 20.2. The summed E-state index contributed by atoms with van der Waals surface area (Å²) in [6.07, 6.45) is 1.76. The monoisotopic (exact) mass is 519 g/mol. The Morgan fingerprint density at radius 3 is 2.81 bits per heavy atom. The van der Waals surface area contributed by atoms with Gasteiger partial charge in [0.2, 0.25) is 5.91 Å². The predicted octanol–water partition coefficient (Wildman–Crippen LogP) is 3.29. The van der Waals surface area contributed by atoms with Gasteiger partial charge >= 0.3 is 0 Å². The van der Waals surface area contributed by atoms with Gasteiger partial charge in [0.25, 0.3) is 5.91 Å². The normalized spacial score (nSPS) is 17.4. The maximum atomic E-state index is 15.9. The Morgan fingerprint density at radius 2 is 2.05 bits per heavy atom. The number of anilines is 1. The maximum Gasteiger partial charge on any atom is 0.256 e. The van der Waals surface area contributed by atoms with E-state index in [-0.39, 0.29) is 60.7 Å². The molecule has 1 fully saturated rings. The molecule has 186 valence electrons. The number of benzene rings is 2. The summed E-state index contributed by atoms with van der Waals surface area (Å²) in [5, 5.41) is 18.5. The Labute approximate surface area is 213 Å². The van der Waals surface area contributed by atoms with Crippen LogP contribution in [-0.4, -0.2) is 62.3 Å². The number of halogens is 2. The van der Waals surface area contributed by atoms with Gasteiger partial charge < -0.3 is 15.5 Å². The molecule has 2 aromatic heterocycles. The van der Waals surface area contributed by atoms with Crippen molar-refractivity contribution in [3.8, 4) is 17.2 Å². The average molecular weight is 520 g/mol. The third kappa shape index (κ3) is 3.31. The molecule has 4 heterocycles. The Hall–Kier alpha value is -4.37. The van der Waals surface area contributed by atoms with Crippen LogP contribution in [0.5, 0.6) is 0 Å². The van der Waals surface area contributed by atoms with Crippen LogP contribution < -0.4 is 5.73 Å². The van der Waals surface area contributed by atoms with Crippen molar-refractivity contribution in [3.63, 3.8) is 0 Å². The molecule has 37 heavy (non-hydrogen) atoms. The fraction of sp³-hybridized carbons (Fsp3) is 0.240. The van der Waals surface area contributed by atoms with E-state index in [0.717, 1.165) is 17.4 Å². The molecular formula is C25H19F2N7O2S. The van der Waals surface area contributed by atoms with Crippen LogP contribution in [0.4, 0.5) is 13.8 Å². The van der Waals surface area contributed by atoms with Crippen molar-refractivity contribution in [1.82, 2.24) is 24.8 Å². The highest BCUT2D eigenvalue weighted by atomic mass is 32.1. The first-order valence-corrected chi connectivity index (χ1v) is 12.3. The second-order valence-electron chi connectivity index (χ2n) is 8.97. The van der Waals surface area contributed by atoms with Crippen molar-refractivity contribution >= 4 is 49.3 Å². The number of nitriles is 1. The van der Waals surface area contributed by atoms with Crippen molar-refractivity contribution in [2.24, 2.45) is 0 Å². The number of amides is 2. The third-order valence-corrected chi connectivity index (χ3v) is 8.10. The van der Waals surface area contributed by atoms with Gasteiger partial charge in [-0.15, -0.1) is 16.4 Å². The van der Waals surface area contributed by atoms with Crippen molar-refractivity contribution in [2.75, 3.05) is 25.4 Å². The minimum absolute atomic E-state index is 0.0237. The molecule has 2 N–H and O–H groups in total. The first-order valence-electron chi connectivity index (χ1n) is 11.5. The highest BCUT2D eigenvalue weighted by molar-refractivity contribution is 7.23. The average Bonchev–Trinajstić information content (AvgIpc) is 3.47. The van der Waals surface area contributed by atoms with E-state index in [0.29, 0.717) is 38.1 Å². The van der Waals surface area contributed by atoms with E-state index in [2.05, 4.69) is 16.9 Å². The number of aryl methyl sites for hydroxylation is 1. The number of piperazine rings is 1. The molecule has 2 amide bonds. The molecule has 12 heteroatoms. The van der Waals surface area contributed by atoms with Gasteiger partial charge in [-0.1, -0.05) is 17.9 Å². The molecule has 0 spiro atoms. The van der Waals surface area contributed by atoms with E-state index < -0.39 is 11.6 Å². The molecule has 2 aliphatic rings. The van der Waals surface area contributed by atoms with E-state index in [1.165, 1.54) is 18.2 Å². The SMILES string of the molecule is C=CC(=O)N1CCN2C(=O)c3cc(F)c(-c4ccc(F)c5sc(N)c(C#N)c45)c4nnn(c34)CC[C@H]2C1. The van der Waals surface area contributed by atoms with Gasteiger partial charge in [0.1, 0.15) is 33.7 Å². The summed E-state index contributed by atoms with van der Waals surface area (Å²) >= 11 is 0.918. The van der Waals surface area contributed by atoms with E-state index >= 15 is 4.39 Å². The quantitative estimate of drug-likeness (QED) is 0.406. The Bertz CT molecular complexity index is 1700. The first kappa shape index (κ1) is 23.1. The van der Waals surface area contributed by atoms with Crippen LogP contribution in [0, 0.1) is 23.0 Å². The van der Waals surface area contributed by atoms with Crippen LogP contribution in [0.25, 0.3) is 32.2 Å². The van der Waals surface area contributed by atoms with Gasteiger partial charge in [-0.25, -0.2) is 13.5 Å². The summed E-state index contributed by atoms with van der Waals surface area (Å²) in [6, 6.07) is 5.46. The Kier molecular flexibility index (Phi) is 5.20. The standard InChI is InChI=1S/C25H19F2N7O2S/c1-2-18(35)32-7-8-33-12(11-32)5-6-34-22-14(25(33)36)9-17(27)20(21(22)30-31-34)13-3-4-16(26)23-19(13)15(10-28)24(29)37-23/h2-4,9,12H,1,5-8,11,29H2/t12-/m0/s1. The number of hydrogen-bond donors (Lipinski definition) is 1. The number of carbonyl (C=O) groups excluding carboxylic acids is 2. The minimum Gasteiger partial charge on any atom is -0.389 e. The van der Waals surface area contributed by atoms with Gasteiger partial charge in [0, 0.05) is 37.1 Å². The molecule has 4 aromatic rings. The zero-order valence-electron chi connectivity index (χ0n) is 19.4. The summed E-state index contributed by atoms with van der Waals surface area (Å²) in [4.78, 5) is 29.1. The van der Waals surface area contributed by atoms with Crippen LogP contribution in [0.1, 0.15) is 22.3 Å². The number of carbonyl (C=O) groups is 2. The number of aromatic nitrogens is 3. The summed E-state index contributed by atoms with van der Waals surface area (Å²) in [5.74, 6) is -1.90. The predicted molar refractivity (Wildman–Crippen MR) is 134 cm³/mol. The number of nitrogens with zero attached hydrogens (tertiary/aromatic N) is 6. The molecule has 0 aliphatic carbocycles. The van der Waals surface area contributed by atoms with E-state index in [1.54, 1.807) is 14.5 Å². The molecule has 6 rings (SSSR count). The lowest BCUT2D eigenvalue weighted by Crippen LogP contribution is -2.57. The van der Waals surface area contributed by atoms with Gasteiger partial charge in [0.15, 0.2) is 0 Å². The van der Waals surface area contributed by atoms with Gasteiger partial charge in [-0.3, -0.25) is 9.59 Å². The van der Waals surface area contributed by atoms with Crippen LogP contribution in [0.3, 0.4) is 0 Å². The van der Waals surface area contributed by atoms with Crippen molar-refractivity contribution in [2.45, 2.75) is 19.0 Å². The van der Waals surface area contributed by atoms with E-state index in [1.807, 2.05) is 6.07 Å². The summed E-state index contributed by atoms with van der Waals surface area (Å²) in [6.45, 7) is 4.90. The Balaban J connectivity index is 1.54. The first-order chi connectivity index (χ1) is 17.8. The lowest BCUT2D eigenvalue weighted by molar-refractivity contribution is -0.128. The maximum absolute atomic E-state index is 15.9. The third-order valence-electron chi connectivity index (χ3n) is 7.07. The second kappa shape index (κ2) is 8.35. The number of hydrogen-bond acceptors (Lipinski definition) is 7. The molecule has 1 saturated heterocycles. The zero-order chi connectivity index (χ0) is 26.0. The van der Waals surface area contributed by atoms with Gasteiger partial charge in [-0.2, -0.15) is 5.26 Å². The molecule has 2 aromatic carbocycles. The molecule has 9 nitrogen and oxygen atoms in total. The molecule has 0 radical (unpaired) electrons. The molecule has 0 bridgehead atoms. The number of nitrogens with two attached hydrogens (primary N) is 1. The molecule has 2 aliphatic heterocycles. The van der Waals surface area contributed by atoms with Crippen molar-refractivity contribution in [3.05, 3.63) is 53.6 Å². The van der Waals surface area contributed by atoms with Crippen LogP contribution in [-0.2, 0) is 11.3 Å². The highest BCUT2D eigenvalue weighted by Gasteiger charge is 2.36. The molecule has 0 saturated carbocycles. The fourth-order valence-electron chi connectivity index (χ4n) is 5.34. The van der Waals surface area contributed by atoms with Gasteiger partial charge in [0.05, 0.1) is 21.9 Å². The Morgan fingerprint density at radius 1 is 1.24 bits per heavy atom. The van der Waals surface area contributed by atoms with Crippen molar-refractivity contribution in [1.29, 1.82) is 5.26 Å². The lowest BCUT2D eigenvalue weighted by Gasteiger charge is -2.42. The molecular weight excluding hydrogens is 500 g/mol. The fourth-order valence-corrected chi connectivity index (χ4v) is 6.29. The van der Waals surface area contributed by atoms with Crippen LogP contribution in [0.2, 0.25) is 0 Å². The summed E-state index contributed by atoms with van der Waals surface area (Å²) in [7, 11) is 0. The van der Waals surface area contributed by atoms with Crippen LogP contribution in [0.15, 0.2) is 30.9 Å². The number of thiophene rings is 1. The van der Waals surface area contributed by atoms with Gasteiger partial charge in [-0.05, 0) is 30.2 Å². The van der Waals surface area contributed by atoms with Crippen molar-refractivity contribution < 1.29 is 18.4 Å². The highest BCUT2D eigenvalue weighted by Crippen LogP contribution is 2.44. The lowest BCUT2D eigenvalue weighted by atomic mass is 9.94. The molecule has 1 atom stereocenters. The summed E-state index contributed by atoms with van der Waals surface area (Å²) in [5.41, 5.74) is 6.92. The molecule has 0 unspecified atom stereocenters. The largest absolute Gasteiger partial charge is 0.389 e. The number of rotatable bonds is 2. The summed E-state index contributed by atoms with van der Waals surface area (Å²) < 4.78 is 32.2. The van der Waals surface area contributed by atoms with E-state index in [4.69, 9.17) is 5.73 Å². The number of fused-ring (bicyclic) bond motifs is 2. The minimum atomic E-state index is -0.748. The number of nitrogen functional groups attached to an aromatic ring is 1. The second-order valence-corrected chi connectivity index (χ2v) is 10.0. The van der Waals surface area contributed by atoms with E-state index in [9.17, 15) is 19.2 Å². The van der Waals surface area contributed by atoms with Crippen LogP contribution >= 0.6 is 11.3 Å². The topological polar surface area (TPSA) is 121 Å². The smallest absolute Gasteiger partial charge is 0.256 e.